The SMILES string of the molecule is [B]c1cnc2c(Cl)c(C)nn2c1. The van der Waals surface area contributed by atoms with Crippen LogP contribution >= 0.6 is 11.6 Å². The minimum atomic E-state index is 0.571. The molecule has 2 heterocycles. The topological polar surface area (TPSA) is 30.2 Å². The number of hydrogen-bond donors (Lipinski definition) is 0. The molecule has 0 saturated heterocycles. The van der Waals surface area contributed by atoms with E-state index < -0.39 is 0 Å². The van der Waals surface area contributed by atoms with Crippen molar-refractivity contribution in [2.24, 2.45) is 0 Å². The molecule has 0 aliphatic heterocycles. The van der Waals surface area contributed by atoms with E-state index in [0.717, 1.165) is 5.69 Å². The molecule has 2 aromatic rings. The summed E-state index contributed by atoms with van der Waals surface area (Å²) >= 11 is 5.91. The highest BCUT2D eigenvalue weighted by molar-refractivity contribution is 6.34. The standard InChI is InChI=1S/C7H5BClN3/c1-4-6(9)7-10-2-5(8)3-12(7)11-4/h2-3H,1H3. The summed E-state index contributed by atoms with van der Waals surface area (Å²) < 4.78 is 1.58. The van der Waals surface area contributed by atoms with E-state index in [0.29, 0.717) is 16.1 Å². The van der Waals surface area contributed by atoms with Gasteiger partial charge in [0.05, 0.1) is 5.69 Å². The van der Waals surface area contributed by atoms with Gasteiger partial charge in [0.2, 0.25) is 0 Å². The van der Waals surface area contributed by atoms with E-state index in [1.807, 2.05) is 6.92 Å². The first-order chi connectivity index (χ1) is 5.68. The molecule has 0 saturated carbocycles. The van der Waals surface area contributed by atoms with Crippen molar-refractivity contribution in [1.82, 2.24) is 14.6 Å². The van der Waals surface area contributed by atoms with Crippen LogP contribution in [0.3, 0.4) is 0 Å². The summed E-state index contributed by atoms with van der Waals surface area (Å²) in [4.78, 5) is 4.04. The third kappa shape index (κ3) is 0.993. The zero-order chi connectivity index (χ0) is 8.72. The monoisotopic (exact) mass is 177 g/mol. The average molecular weight is 177 g/mol. The molecule has 0 aromatic carbocycles. The van der Waals surface area contributed by atoms with Crippen molar-refractivity contribution in [3.8, 4) is 0 Å². The van der Waals surface area contributed by atoms with Gasteiger partial charge in [0.15, 0.2) is 5.65 Å². The molecule has 2 rings (SSSR count). The molecule has 0 N–H and O–H groups in total. The lowest BCUT2D eigenvalue weighted by molar-refractivity contribution is 0.923. The van der Waals surface area contributed by atoms with E-state index in [1.165, 1.54) is 0 Å². The predicted molar refractivity (Wildman–Crippen MR) is 48.1 cm³/mol. The van der Waals surface area contributed by atoms with Crippen LogP contribution in [0.5, 0.6) is 0 Å². The fourth-order valence-corrected chi connectivity index (χ4v) is 1.20. The van der Waals surface area contributed by atoms with Crippen molar-refractivity contribution in [3.63, 3.8) is 0 Å². The van der Waals surface area contributed by atoms with Gasteiger partial charge in [0.25, 0.3) is 0 Å². The number of nitrogens with zero attached hydrogens (tertiary/aromatic N) is 3. The van der Waals surface area contributed by atoms with Crippen LogP contribution in [0.2, 0.25) is 5.02 Å². The Kier molecular flexibility index (Phi) is 1.58. The zero-order valence-electron chi connectivity index (χ0n) is 6.45. The molecule has 2 radical (unpaired) electrons. The highest BCUT2D eigenvalue weighted by Crippen LogP contribution is 2.17. The highest BCUT2D eigenvalue weighted by atomic mass is 35.5. The van der Waals surface area contributed by atoms with Gasteiger partial charge in [0.1, 0.15) is 12.9 Å². The normalized spacial score (nSPS) is 10.8. The molecule has 0 fully saturated rings. The molecule has 0 unspecified atom stereocenters. The van der Waals surface area contributed by atoms with Gasteiger partial charge >= 0.3 is 0 Å². The molecule has 3 nitrogen and oxygen atoms in total. The molecule has 0 spiro atoms. The summed E-state index contributed by atoms with van der Waals surface area (Å²) in [6.07, 6.45) is 3.24. The van der Waals surface area contributed by atoms with Crippen molar-refractivity contribution in [2.45, 2.75) is 6.92 Å². The lowest BCUT2D eigenvalue weighted by Gasteiger charge is -1.93. The van der Waals surface area contributed by atoms with Crippen molar-refractivity contribution in [1.29, 1.82) is 0 Å². The predicted octanol–water partition coefficient (Wildman–Crippen LogP) is 0.485. The van der Waals surface area contributed by atoms with Gasteiger partial charge in [-0.3, -0.25) is 0 Å². The van der Waals surface area contributed by atoms with E-state index in [4.69, 9.17) is 19.4 Å². The van der Waals surface area contributed by atoms with Gasteiger partial charge < -0.3 is 0 Å². The number of aromatic nitrogens is 3. The highest BCUT2D eigenvalue weighted by Gasteiger charge is 2.06. The van der Waals surface area contributed by atoms with Crippen LogP contribution in [0.25, 0.3) is 5.65 Å². The Balaban J connectivity index is 2.87. The Bertz CT molecular complexity index is 437. The second kappa shape index (κ2) is 2.49. The molecule has 2 aromatic heterocycles. The van der Waals surface area contributed by atoms with Crippen LogP contribution in [-0.4, -0.2) is 22.4 Å². The van der Waals surface area contributed by atoms with Gasteiger partial charge in [-0.2, -0.15) is 5.10 Å². The second-order valence-electron chi connectivity index (χ2n) is 2.55. The Morgan fingerprint density at radius 3 is 3.08 bits per heavy atom. The number of rotatable bonds is 0. The maximum Gasteiger partial charge on any atom is 0.173 e. The van der Waals surface area contributed by atoms with E-state index in [2.05, 4.69) is 10.1 Å². The molecule has 58 valence electrons. The molecule has 0 amide bonds. The van der Waals surface area contributed by atoms with Crippen LogP contribution in [0, 0.1) is 6.92 Å². The van der Waals surface area contributed by atoms with Gasteiger partial charge in [-0.1, -0.05) is 17.1 Å². The van der Waals surface area contributed by atoms with Crippen LogP contribution in [0.4, 0.5) is 0 Å². The van der Waals surface area contributed by atoms with Crippen LogP contribution in [-0.2, 0) is 0 Å². The second-order valence-corrected chi connectivity index (χ2v) is 2.93. The first kappa shape index (κ1) is 7.62. The van der Waals surface area contributed by atoms with E-state index in [1.54, 1.807) is 16.9 Å². The fourth-order valence-electron chi connectivity index (χ4n) is 1.03. The Labute approximate surface area is 75.8 Å². The number of hydrogen-bond acceptors (Lipinski definition) is 2. The van der Waals surface area contributed by atoms with Crippen LogP contribution in [0.1, 0.15) is 5.69 Å². The van der Waals surface area contributed by atoms with Gasteiger partial charge in [-0.25, -0.2) is 9.50 Å². The molecule has 0 atom stereocenters. The first-order valence-electron chi connectivity index (χ1n) is 3.44. The largest absolute Gasteiger partial charge is 0.236 e. The van der Waals surface area contributed by atoms with Crippen molar-refractivity contribution in [3.05, 3.63) is 23.1 Å². The molecular weight excluding hydrogens is 172 g/mol. The minimum absolute atomic E-state index is 0.571. The molecule has 5 heteroatoms. The summed E-state index contributed by atoms with van der Waals surface area (Å²) in [6, 6.07) is 0. The van der Waals surface area contributed by atoms with Gasteiger partial charge in [-0.15, -0.1) is 0 Å². The quantitative estimate of drug-likeness (QED) is 0.548. The average Bonchev–Trinajstić information content (AvgIpc) is 2.28. The van der Waals surface area contributed by atoms with E-state index in [-0.39, 0.29) is 0 Å². The summed E-state index contributed by atoms with van der Waals surface area (Å²) in [6.45, 7) is 1.83. The van der Waals surface area contributed by atoms with E-state index >= 15 is 0 Å². The van der Waals surface area contributed by atoms with Gasteiger partial charge in [-0.05, 0) is 6.92 Å². The van der Waals surface area contributed by atoms with Crippen LogP contribution in [0.15, 0.2) is 12.4 Å². The molecule has 12 heavy (non-hydrogen) atoms. The first-order valence-corrected chi connectivity index (χ1v) is 3.82. The zero-order valence-corrected chi connectivity index (χ0v) is 7.21. The maximum atomic E-state index is 5.91. The third-order valence-electron chi connectivity index (χ3n) is 1.60. The summed E-state index contributed by atoms with van der Waals surface area (Å²) in [5.41, 5.74) is 1.97. The molecule has 0 aliphatic rings. The van der Waals surface area contributed by atoms with Crippen molar-refractivity contribution in [2.75, 3.05) is 0 Å². The summed E-state index contributed by atoms with van der Waals surface area (Å²) in [7, 11) is 5.52. The minimum Gasteiger partial charge on any atom is -0.236 e. The van der Waals surface area contributed by atoms with Crippen molar-refractivity contribution >= 4 is 30.6 Å². The Morgan fingerprint density at radius 1 is 1.58 bits per heavy atom. The van der Waals surface area contributed by atoms with Crippen LogP contribution < -0.4 is 5.46 Å². The lowest BCUT2D eigenvalue weighted by Crippen LogP contribution is -2.06. The number of halogens is 1. The maximum absolute atomic E-state index is 5.91. The lowest BCUT2D eigenvalue weighted by atomic mass is 10.0. The van der Waals surface area contributed by atoms with E-state index in [9.17, 15) is 0 Å². The molecule has 0 aliphatic carbocycles. The molecule has 0 bridgehead atoms. The molecular formula is C7H5BClN3. The third-order valence-corrected chi connectivity index (χ3v) is 2.04. The summed E-state index contributed by atoms with van der Waals surface area (Å²) in [5, 5.41) is 4.69. The van der Waals surface area contributed by atoms with Crippen molar-refractivity contribution < 1.29 is 0 Å². The number of aryl methyl sites for hydroxylation is 1. The fraction of sp³-hybridized carbons (Fsp3) is 0.143. The Morgan fingerprint density at radius 2 is 2.33 bits per heavy atom. The summed E-state index contributed by atoms with van der Waals surface area (Å²) in [5.74, 6) is 0. The smallest absolute Gasteiger partial charge is 0.173 e. The van der Waals surface area contributed by atoms with Gasteiger partial charge in [0, 0.05) is 12.4 Å². The Hall–Kier alpha value is -1.03. The number of fused-ring (bicyclic) bond motifs is 1.